The fourth-order valence-electron chi connectivity index (χ4n) is 3.03. The molecule has 0 unspecified atom stereocenters. The predicted molar refractivity (Wildman–Crippen MR) is 97.6 cm³/mol. The lowest BCUT2D eigenvalue weighted by Gasteiger charge is -2.26. The van der Waals surface area contributed by atoms with Crippen molar-refractivity contribution in [2.45, 2.75) is 26.5 Å². The third-order valence-electron chi connectivity index (χ3n) is 4.15. The van der Waals surface area contributed by atoms with E-state index in [4.69, 9.17) is 4.74 Å². The smallest absolute Gasteiger partial charge is 0.125 e. The zero-order valence-electron chi connectivity index (χ0n) is 13.8. The molecule has 3 nitrogen and oxygen atoms in total. The van der Waals surface area contributed by atoms with Crippen LogP contribution >= 0.6 is 12.4 Å². The molecular weight excluding hydrogens is 308 g/mol. The van der Waals surface area contributed by atoms with Gasteiger partial charge in [-0.25, -0.2) is 0 Å². The number of halogens is 1. The molecule has 0 bridgehead atoms. The molecule has 2 N–H and O–H groups in total. The molecule has 1 aliphatic heterocycles. The molecule has 1 aliphatic rings. The van der Waals surface area contributed by atoms with Crippen molar-refractivity contribution in [1.29, 1.82) is 0 Å². The first-order valence-electron chi connectivity index (χ1n) is 7.96. The summed E-state index contributed by atoms with van der Waals surface area (Å²) in [5, 5.41) is 7.00. The summed E-state index contributed by atoms with van der Waals surface area (Å²) in [6.45, 7) is 7.94. The van der Waals surface area contributed by atoms with Crippen LogP contribution in [0.4, 0.5) is 0 Å². The average molecular weight is 333 g/mol. The number of piperazine rings is 1. The summed E-state index contributed by atoms with van der Waals surface area (Å²) in [5.74, 6) is 1.01. The quantitative estimate of drug-likeness (QED) is 0.898. The predicted octanol–water partition coefficient (Wildman–Crippen LogP) is 3.54. The van der Waals surface area contributed by atoms with Gasteiger partial charge in [0.25, 0.3) is 0 Å². The molecular formula is C19H25ClN2O. The minimum atomic E-state index is 0. The summed E-state index contributed by atoms with van der Waals surface area (Å²) >= 11 is 0. The van der Waals surface area contributed by atoms with Gasteiger partial charge in [-0.05, 0) is 36.1 Å². The monoisotopic (exact) mass is 332 g/mol. The molecule has 23 heavy (non-hydrogen) atoms. The van der Waals surface area contributed by atoms with Crippen molar-refractivity contribution >= 4 is 12.4 Å². The molecule has 0 aromatic heterocycles. The second-order valence-corrected chi connectivity index (χ2v) is 5.97. The molecule has 0 radical (unpaired) electrons. The van der Waals surface area contributed by atoms with Crippen molar-refractivity contribution in [3.05, 3.63) is 64.7 Å². The molecule has 4 heteroatoms. The van der Waals surface area contributed by atoms with Gasteiger partial charge in [-0.1, -0.05) is 42.5 Å². The Morgan fingerprint density at radius 2 is 1.74 bits per heavy atom. The van der Waals surface area contributed by atoms with Gasteiger partial charge in [0.05, 0.1) is 0 Å². The molecule has 0 spiro atoms. The maximum atomic E-state index is 6.06. The van der Waals surface area contributed by atoms with Gasteiger partial charge in [-0.3, -0.25) is 0 Å². The maximum Gasteiger partial charge on any atom is 0.125 e. The van der Waals surface area contributed by atoms with Gasteiger partial charge >= 0.3 is 0 Å². The second kappa shape index (κ2) is 8.34. The van der Waals surface area contributed by atoms with Crippen molar-refractivity contribution in [2.24, 2.45) is 0 Å². The normalized spacial score (nSPS) is 17.4. The number of rotatable bonds is 4. The summed E-state index contributed by atoms with van der Waals surface area (Å²) in [5.41, 5.74) is 4.95. The Bertz CT molecular complexity index is 602. The van der Waals surface area contributed by atoms with E-state index >= 15 is 0 Å². The van der Waals surface area contributed by atoms with E-state index in [-0.39, 0.29) is 12.4 Å². The molecule has 2 aromatic carbocycles. The maximum absolute atomic E-state index is 6.06. The van der Waals surface area contributed by atoms with E-state index in [1.807, 2.05) is 18.2 Å². The minimum Gasteiger partial charge on any atom is -0.488 e. The van der Waals surface area contributed by atoms with E-state index in [1.54, 1.807) is 0 Å². The van der Waals surface area contributed by atoms with Crippen LogP contribution in [0.1, 0.15) is 28.3 Å². The summed E-state index contributed by atoms with van der Waals surface area (Å²) in [4.78, 5) is 0. The third-order valence-corrected chi connectivity index (χ3v) is 4.15. The van der Waals surface area contributed by atoms with Crippen LogP contribution in [-0.4, -0.2) is 19.6 Å². The lowest BCUT2D eigenvalue weighted by Crippen LogP contribution is -2.42. The standard InChI is InChI=1S/C19H24N2O.ClH/c1-14-10-17(18-12-20-8-9-21-18)11-15(2)19(14)22-13-16-6-4-3-5-7-16;/h3-7,10-11,18,20-21H,8-9,12-13H2,1-2H3;1H/t18-;/m1./s1. The Morgan fingerprint density at radius 1 is 1.04 bits per heavy atom. The molecule has 124 valence electrons. The first-order chi connectivity index (χ1) is 10.7. The van der Waals surface area contributed by atoms with Crippen LogP contribution in [0.3, 0.4) is 0 Å². The lowest BCUT2D eigenvalue weighted by molar-refractivity contribution is 0.301. The summed E-state index contributed by atoms with van der Waals surface area (Å²) in [6.07, 6.45) is 0. The first kappa shape index (κ1) is 17.8. The van der Waals surface area contributed by atoms with Gasteiger partial charge in [0.15, 0.2) is 0 Å². The number of nitrogens with one attached hydrogen (secondary N) is 2. The van der Waals surface area contributed by atoms with Gasteiger partial charge in [0, 0.05) is 25.7 Å². The minimum absolute atomic E-state index is 0. The fourth-order valence-corrected chi connectivity index (χ4v) is 3.03. The molecule has 0 aliphatic carbocycles. The molecule has 1 atom stereocenters. The lowest BCUT2D eigenvalue weighted by atomic mass is 9.99. The number of aryl methyl sites for hydroxylation is 2. The third kappa shape index (κ3) is 4.47. The van der Waals surface area contributed by atoms with Crippen molar-refractivity contribution in [2.75, 3.05) is 19.6 Å². The van der Waals surface area contributed by atoms with Crippen molar-refractivity contribution < 1.29 is 4.74 Å². The molecule has 1 fully saturated rings. The number of hydrogen-bond donors (Lipinski definition) is 2. The SMILES string of the molecule is Cc1cc([C@H]2CNCCN2)cc(C)c1OCc1ccccc1.Cl. The topological polar surface area (TPSA) is 33.3 Å². The van der Waals surface area contributed by atoms with Crippen LogP contribution in [0.25, 0.3) is 0 Å². The van der Waals surface area contributed by atoms with E-state index in [1.165, 1.54) is 22.3 Å². The highest BCUT2D eigenvalue weighted by Crippen LogP contribution is 2.28. The Labute approximate surface area is 144 Å². The molecule has 2 aromatic rings. The van der Waals surface area contributed by atoms with Gasteiger partial charge in [-0.2, -0.15) is 0 Å². The van der Waals surface area contributed by atoms with Crippen LogP contribution in [0.5, 0.6) is 5.75 Å². The highest BCUT2D eigenvalue weighted by atomic mass is 35.5. The Balaban J connectivity index is 0.00000192. The zero-order valence-corrected chi connectivity index (χ0v) is 14.6. The number of ether oxygens (including phenoxy) is 1. The van der Waals surface area contributed by atoms with Gasteiger partial charge in [0.2, 0.25) is 0 Å². The highest BCUT2D eigenvalue weighted by Gasteiger charge is 2.16. The van der Waals surface area contributed by atoms with E-state index in [2.05, 4.69) is 48.7 Å². The Morgan fingerprint density at radius 3 is 2.35 bits per heavy atom. The largest absolute Gasteiger partial charge is 0.488 e. The second-order valence-electron chi connectivity index (χ2n) is 5.97. The van der Waals surface area contributed by atoms with Crippen molar-refractivity contribution in [3.8, 4) is 5.75 Å². The number of hydrogen-bond acceptors (Lipinski definition) is 3. The number of benzene rings is 2. The van der Waals surface area contributed by atoms with Crippen LogP contribution < -0.4 is 15.4 Å². The summed E-state index contributed by atoms with van der Waals surface area (Å²) < 4.78 is 6.06. The van der Waals surface area contributed by atoms with Gasteiger partial charge < -0.3 is 15.4 Å². The molecule has 0 saturated carbocycles. The van der Waals surface area contributed by atoms with E-state index in [0.717, 1.165) is 25.4 Å². The van der Waals surface area contributed by atoms with Crippen LogP contribution in [0, 0.1) is 13.8 Å². The Hall–Kier alpha value is -1.55. The highest BCUT2D eigenvalue weighted by molar-refractivity contribution is 5.85. The van der Waals surface area contributed by atoms with Crippen LogP contribution in [-0.2, 0) is 6.61 Å². The molecule has 3 rings (SSSR count). The van der Waals surface area contributed by atoms with E-state index in [0.29, 0.717) is 12.6 Å². The molecule has 1 heterocycles. The van der Waals surface area contributed by atoms with Crippen LogP contribution in [0.2, 0.25) is 0 Å². The molecule has 1 saturated heterocycles. The van der Waals surface area contributed by atoms with Gasteiger partial charge in [0.1, 0.15) is 12.4 Å². The summed E-state index contributed by atoms with van der Waals surface area (Å²) in [6, 6.07) is 15.2. The van der Waals surface area contributed by atoms with Crippen molar-refractivity contribution in [1.82, 2.24) is 10.6 Å². The molecule has 0 amide bonds. The van der Waals surface area contributed by atoms with Gasteiger partial charge in [-0.15, -0.1) is 12.4 Å². The Kier molecular flexibility index (Phi) is 6.46. The average Bonchev–Trinajstić information content (AvgIpc) is 2.56. The summed E-state index contributed by atoms with van der Waals surface area (Å²) in [7, 11) is 0. The zero-order chi connectivity index (χ0) is 15.4. The van der Waals surface area contributed by atoms with Crippen molar-refractivity contribution in [3.63, 3.8) is 0 Å². The first-order valence-corrected chi connectivity index (χ1v) is 7.96. The van der Waals surface area contributed by atoms with Crippen LogP contribution in [0.15, 0.2) is 42.5 Å². The van der Waals surface area contributed by atoms with E-state index in [9.17, 15) is 0 Å². The fraction of sp³-hybridized carbons (Fsp3) is 0.368. The van der Waals surface area contributed by atoms with E-state index < -0.39 is 0 Å².